The number of carbonyl (C=O) groups is 3. The van der Waals surface area contributed by atoms with Crippen molar-refractivity contribution in [1.29, 1.82) is 0 Å². The van der Waals surface area contributed by atoms with Crippen LogP contribution in [0.4, 0.5) is 4.79 Å². The molecule has 7 nitrogen and oxygen atoms in total. The van der Waals surface area contributed by atoms with Crippen molar-refractivity contribution < 1.29 is 19.1 Å². The molecule has 2 N–H and O–H groups in total. The molecule has 0 spiro atoms. The van der Waals surface area contributed by atoms with E-state index in [2.05, 4.69) is 15.4 Å². The first kappa shape index (κ1) is 16.8. The summed E-state index contributed by atoms with van der Waals surface area (Å²) in [5.74, 6) is -0.581. The maximum absolute atomic E-state index is 12.1. The van der Waals surface area contributed by atoms with Gasteiger partial charge in [0.15, 0.2) is 0 Å². The highest BCUT2D eigenvalue weighted by atomic mass is 16.5. The molecular formula is C16H21N3O4. The Hall–Kier alpha value is -2.57. The van der Waals surface area contributed by atoms with Crippen LogP contribution in [0.2, 0.25) is 0 Å². The smallest absolute Gasteiger partial charge is 0.325 e. The monoisotopic (exact) mass is 319 g/mol. The number of hydrogen-bond acceptors (Lipinski definition) is 4. The standard InChI is InChI=1S/C16H21N3O4/c1-23-14(20)11-17-16(22)19-9-7-13(8-10-19)18-15(21)12-5-3-2-4-6-12/h2-6,13H,7-11H2,1H3,(H,17,22)(H,18,21). The Morgan fingerprint density at radius 3 is 2.43 bits per heavy atom. The first-order valence-electron chi connectivity index (χ1n) is 7.55. The number of urea groups is 1. The maximum Gasteiger partial charge on any atom is 0.325 e. The number of nitrogens with zero attached hydrogens (tertiary/aromatic N) is 1. The van der Waals surface area contributed by atoms with E-state index < -0.39 is 5.97 Å². The molecule has 124 valence electrons. The van der Waals surface area contributed by atoms with Crippen LogP contribution < -0.4 is 10.6 Å². The number of benzene rings is 1. The van der Waals surface area contributed by atoms with Gasteiger partial charge in [0.1, 0.15) is 6.54 Å². The second-order valence-corrected chi connectivity index (χ2v) is 5.34. The molecule has 1 aromatic rings. The van der Waals surface area contributed by atoms with Crippen molar-refractivity contribution in [3.8, 4) is 0 Å². The predicted molar refractivity (Wildman–Crippen MR) is 83.9 cm³/mol. The van der Waals surface area contributed by atoms with Gasteiger partial charge in [-0.2, -0.15) is 0 Å². The topological polar surface area (TPSA) is 87.7 Å². The van der Waals surface area contributed by atoms with E-state index in [0.717, 1.165) is 0 Å². The number of hydrogen-bond donors (Lipinski definition) is 2. The van der Waals surface area contributed by atoms with Gasteiger partial charge in [0.05, 0.1) is 7.11 Å². The van der Waals surface area contributed by atoms with E-state index in [1.165, 1.54) is 7.11 Å². The largest absolute Gasteiger partial charge is 0.468 e. The fourth-order valence-electron chi connectivity index (χ4n) is 2.42. The second kappa shape index (κ2) is 8.17. The van der Waals surface area contributed by atoms with Gasteiger partial charge in [-0.15, -0.1) is 0 Å². The molecule has 0 saturated carbocycles. The summed E-state index contributed by atoms with van der Waals surface area (Å²) in [5, 5.41) is 5.49. The zero-order chi connectivity index (χ0) is 16.7. The maximum atomic E-state index is 12.1. The van der Waals surface area contributed by atoms with Crippen molar-refractivity contribution in [3.63, 3.8) is 0 Å². The summed E-state index contributed by atoms with van der Waals surface area (Å²) >= 11 is 0. The Balaban J connectivity index is 1.74. The lowest BCUT2D eigenvalue weighted by Crippen LogP contribution is -2.50. The number of ether oxygens (including phenoxy) is 1. The summed E-state index contributed by atoms with van der Waals surface area (Å²) in [6, 6.07) is 8.81. The quantitative estimate of drug-likeness (QED) is 0.802. The van der Waals surface area contributed by atoms with Gasteiger partial charge in [0.2, 0.25) is 0 Å². The van der Waals surface area contributed by atoms with Crippen LogP contribution in [0.1, 0.15) is 23.2 Å². The number of nitrogens with one attached hydrogen (secondary N) is 2. The molecule has 1 heterocycles. The minimum atomic E-state index is -0.483. The minimum absolute atomic E-state index is 0.0485. The molecule has 0 unspecified atom stereocenters. The first-order chi connectivity index (χ1) is 11.1. The van der Waals surface area contributed by atoms with Gasteiger partial charge in [-0.25, -0.2) is 4.79 Å². The first-order valence-corrected chi connectivity index (χ1v) is 7.55. The SMILES string of the molecule is COC(=O)CNC(=O)N1CCC(NC(=O)c2ccccc2)CC1. The lowest BCUT2D eigenvalue weighted by molar-refractivity contribution is -0.139. The highest BCUT2D eigenvalue weighted by Gasteiger charge is 2.24. The van der Waals surface area contributed by atoms with Crippen molar-refractivity contribution in [2.45, 2.75) is 18.9 Å². The van der Waals surface area contributed by atoms with Crippen molar-refractivity contribution in [3.05, 3.63) is 35.9 Å². The van der Waals surface area contributed by atoms with Gasteiger partial charge >= 0.3 is 12.0 Å². The fraction of sp³-hybridized carbons (Fsp3) is 0.438. The lowest BCUT2D eigenvalue weighted by Gasteiger charge is -2.32. The molecule has 1 aromatic carbocycles. The van der Waals surface area contributed by atoms with E-state index in [0.29, 0.717) is 31.5 Å². The van der Waals surface area contributed by atoms with Gasteiger partial charge in [-0.05, 0) is 25.0 Å². The Bertz CT molecular complexity index is 554. The lowest BCUT2D eigenvalue weighted by atomic mass is 10.0. The van der Waals surface area contributed by atoms with E-state index in [1.54, 1.807) is 17.0 Å². The summed E-state index contributed by atoms with van der Waals surface area (Å²) in [6.07, 6.45) is 1.37. The highest BCUT2D eigenvalue weighted by Crippen LogP contribution is 2.11. The summed E-state index contributed by atoms with van der Waals surface area (Å²) < 4.78 is 4.47. The fourth-order valence-corrected chi connectivity index (χ4v) is 2.42. The number of methoxy groups -OCH3 is 1. The normalized spacial score (nSPS) is 14.9. The van der Waals surface area contributed by atoms with Gasteiger partial charge in [-0.3, -0.25) is 9.59 Å². The minimum Gasteiger partial charge on any atom is -0.468 e. The molecule has 0 atom stereocenters. The average Bonchev–Trinajstić information content (AvgIpc) is 2.60. The van der Waals surface area contributed by atoms with E-state index in [9.17, 15) is 14.4 Å². The van der Waals surface area contributed by atoms with E-state index in [-0.39, 0.29) is 24.5 Å². The van der Waals surface area contributed by atoms with Crippen molar-refractivity contribution in [2.75, 3.05) is 26.7 Å². The van der Waals surface area contributed by atoms with Crippen molar-refractivity contribution in [1.82, 2.24) is 15.5 Å². The zero-order valence-corrected chi connectivity index (χ0v) is 13.1. The van der Waals surface area contributed by atoms with Crippen LogP contribution in [0.15, 0.2) is 30.3 Å². The van der Waals surface area contributed by atoms with Gasteiger partial charge in [0, 0.05) is 24.7 Å². The summed E-state index contributed by atoms with van der Waals surface area (Å²) in [6.45, 7) is 0.930. The van der Waals surface area contributed by atoms with Crippen LogP contribution >= 0.6 is 0 Å². The molecule has 1 saturated heterocycles. The van der Waals surface area contributed by atoms with Crippen LogP contribution in [0.25, 0.3) is 0 Å². The molecular weight excluding hydrogens is 298 g/mol. The van der Waals surface area contributed by atoms with E-state index in [4.69, 9.17) is 0 Å². The average molecular weight is 319 g/mol. The third-order valence-electron chi connectivity index (χ3n) is 3.76. The van der Waals surface area contributed by atoms with Gasteiger partial charge < -0.3 is 20.3 Å². The van der Waals surface area contributed by atoms with E-state index >= 15 is 0 Å². The van der Waals surface area contributed by atoms with Crippen LogP contribution in [0, 0.1) is 0 Å². The third-order valence-corrected chi connectivity index (χ3v) is 3.76. The van der Waals surface area contributed by atoms with Crippen LogP contribution in [0.3, 0.4) is 0 Å². The van der Waals surface area contributed by atoms with Crippen LogP contribution in [0.5, 0.6) is 0 Å². The van der Waals surface area contributed by atoms with Crippen molar-refractivity contribution in [2.24, 2.45) is 0 Å². The van der Waals surface area contributed by atoms with Crippen LogP contribution in [-0.2, 0) is 9.53 Å². The number of carbonyl (C=O) groups excluding carboxylic acids is 3. The summed E-state index contributed by atoms with van der Waals surface area (Å²) in [7, 11) is 1.27. The molecule has 1 aliphatic rings. The van der Waals surface area contributed by atoms with E-state index in [1.807, 2.05) is 18.2 Å². The Kier molecular flexibility index (Phi) is 5.96. The van der Waals surface area contributed by atoms with Crippen LogP contribution in [-0.4, -0.2) is 55.6 Å². The third kappa shape index (κ3) is 4.98. The summed E-state index contributed by atoms with van der Waals surface area (Å²) in [5.41, 5.74) is 0.630. The highest BCUT2D eigenvalue weighted by molar-refractivity contribution is 5.94. The Morgan fingerprint density at radius 1 is 1.17 bits per heavy atom. The molecule has 0 aromatic heterocycles. The van der Waals surface area contributed by atoms with Crippen molar-refractivity contribution >= 4 is 17.9 Å². The molecule has 0 radical (unpaired) electrons. The number of amides is 3. The molecule has 1 aliphatic heterocycles. The molecule has 2 rings (SSSR count). The predicted octanol–water partition coefficient (Wildman–Crippen LogP) is 0.763. The number of likely N-dealkylation sites (tertiary alicyclic amines) is 1. The number of rotatable bonds is 4. The number of piperidine rings is 1. The number of esters is 1. The van der Waals surface area contributed by atoms with Gasteiger partial charge in [-0.1, -0.05) is 18.2 Å². The molecule has 0 aliphatic carbocycles. The molecule has 23 heavy (non-hydrogen) atoms. The van der Waals surface area contributed by atoms with Gasteiger partial charge in [0.25, 0.3) is 5.91 Å². The molecule has 3 amide bonds. The molecule has 1 fully saturated rings. The molecule has 7 heteroatoms. The Labute approximate surface area is 135 Å². The summed E-state index contributed by atoms with van der Waals surface area (Å²) in [4.78, 5) is 36.6. The second-order valence-electron chi connectivity index (χ2n) is 5.34. The Morgan fingerprint density at radius 2 is 1.83 bits per heavy atom. The molecule has 0 bridgehead atoms. The zero-order valence-electron chi connectivity index (χ0n) is 13.1.